The zero-order valence-electron chi connectivity index (χ0n) is 10.5. The molecule has 0 aliphatic heterocycles. The first-order valence-electron chi connectivity index (χ1n) is 6.31. The van der Waals surface area contributed by atoms with Crippen LogP contribution in [-0.4, -0.2) is 32.8 Å². The van der Waals surface area contributed by atoms with Crippen LogP contribution in [0.1, 0.15) is 25.7 Å². The second-order valence-corrected chi connectivity index (χ2v) is 4.26. The van der Waals surface area contributed by atoms with Crippen LogP contribution in [0.3, 0.4) is 0 Å². The highest BCUT2D eigenvalue weighted by Gasteiger charge is 2.00. The van der Waals surface area contributed by atoms with Gasteiger partial charge in [-0.05, 0) is 25.0 Å². The average Bonchev–Trinajstić information content (AvgIpc) is 2.42. The number of nitrogens with zero attached hydrogens (tertiary/aromatic N) is 3. The molecule has 1 heterocycles. The Hall–Kier alpha value is -2.24. The minimum absolute atomic E-state index is 0.230. The Morgan fingerprint density at radius 2 is 1.89 bits per heavy atom. The van der Waals surface area contributed by atoms with Crippen molar-refractivity contribution >= 4 is 23.0 Å². The van der Waals surface area contributed by atoms with Gasteiger partial charge in [-0.1, -0.05) is 18.6 Å². The van der Waals surface area contributed by atoms with Crippen LogP contribution in [0.4, 0.5) is 5.95 Å². The molecular formula is C13H16N4O2. The third-order valence-corrected chi connectivity index (χ3v) is 2.71. The third-order valence-electron chi connectivity index (χ3n) is 2.71. The molecule has 1 aromatic carbocycles. The van der Waals surface area contributed by atoms with E-state index in [-0.39, 0.29) is 6.42 Å². The number of rotatable bonds is 7. The van der Waals surface area contributed by atoms with Crippen molar-refractivity contribution in [3.8, 4) is 0 Å². The van der Waals surface area contributed by atoms with Gasteiger partial charge in [0.05, 0.1) is 5.52 Å². The van der Waals surface area contributed by atoms with Crippen molar-refractivity contribution in [2.45, 2.75) is 25.7 Å². The summed E-state index contributed by atoms with van der Waals surface area (Å²) in [6.07, 6.45) is 2.70. The molecule has 100 valence electrons. The topological polar surface area (TPSA) is 88.0 Å². The van der Waals surface area contributed by atoms with Crippen molar-refractivity contribution in [1.29, 1.82) is 0 Å². The first-order valence-corrected chi connectivity index (χ1v) is 6.31. The highest BCUT2D eigenvalue weighted by atomic mass is 16.4. The highest BCUT2D eigenvalue weighted by molar-refractivity contribution is 5.74. The molecule has 0 atom stereocenters. The summed E-state index contributed by atoms with van der Waals surface area (Å²) >= 11 is 0. The number of nitrogens with one attached hydrogen (secondary N) is 1. The molecule has 6 nitrogen and oxygen atoms in total. The number of unbranched alkanes of at least 4 members (excludes halogenated alkanes) is 2. The van der Waals surface area contributed by atoms with Gasteiger partial charge in [0.25, 0.3) is 0 Å². The van der Waals surface area contributed by atoms with Crippen molar-refractivity contribution in [3.63, 3.8) is 0 Å². The highest BCUT2D eigenvalue weighted by Crippen LogP contribution is 2.09. The van der Waals surface area contributed by atoms with Gasteiger partial charge in [-0.25, -0.2) is 4.98 Å². The summed E-state index contributed by atoms with van der Waals surface area (Å²) < 4.78 is 0. The Labute approximate surface area is 110 Å². The molecule has 2 aromatic rings. The Balaban J connectivity index is 1.77. The van der Waals surface area contributed by atoms with Crippen molar-refractivity contribution in [1.82, 2.24) is 15.2 Å². The predicted octanol–water partition coefficient (Wildman–Crippen LogP) is 2.08. The standard InChI is InChI=1S/C13H16N4O2/c18-12(19)8-2-1-5-9-14-13-15-10-6-3-4-7-11(10)16-17-13/h3-4,6-7H,1-2,5,8-9H2,(H,18,19)(H,14,15,17). The molecule has 0 saturated heterocycles. The molecule has 19 heavy (non-hydrogen) atoms. The summed E-state index contributed by atoms with van der Waals surface area (Å²) in [6.45, 7) is 0.722. The van der Waals surface area contributed by atoms with Gasteiger partial charge in [0.1, 0.15) is 5.52 Å². The van der Waals surface area contributed by atoms with E-state index in [4.69, 9.17) is 5.11 Å². The van der Waals surface area contributed by atoms with E-state index in [1.807, 2.05) is 24.3 Å². The van der Waals surface area contributed by atoms with Crippen LogP contribution >= 0.6 is 0 Å². The predicted molar refractivity (Wildman–Crippen MR) is 71.9 cm³/mol. The van der Waals surface area contributed by atoms with E-state index in [1.165, 1.54) is 0 Å². The van der Waals surface area contributed by atoms with E-state index in [0.29, 0.717) is 12.4 Å². The molecule has 0 bridgehead atoms. The molecule has 0 radical (unpaired) electrons. The van der Waals surface area contributed by atoms with Crippen LogP contribution in [-0.2, 0) is 4.79 Å². The van der Waals surface area contributed by atoms with E-state index >= 15 is 0 Å². The first-order chi connectivity index (χ1) is 9.25. The van der Waals surface area contributed by atoms with Crippen LogP contribution in [0.2, 0.25) is 0 Å². The molecule has 0 amide bonds. The van der Waals surface area contributed by atoms with Crippen LogP contribution in [0, 0.1) is 0 Å². The number of hydrogen-bond acceptors (Lipinski definition) is 5. The number of anilines is 1. The number of aromatic nitrogens is 3. The maximum absolute atomic E-state index is 10.3. The smallest absolute Gasteiger partial charge is 0.303 e. The molecule has 0 fully saturated rings. The minimum Gasteiger partial charge on any atom is -0.481 e. The Morgan fingerprint density at radius 1 is 1.11 bits per heavy atom. The minimum atomic E-state index is -0.741. The van der Waals surface area contributed by atoms with E-state index < -0.39 is 5.97 Å². The summed E-state index contributed by atoms with van der Waals surface area (Å²) in [7, 11) is 0. The van der Waals surface area contributed by atoms with Gasteiger partial charge in [-0.3, -0.25) is 4.79 Å². The lowest BCUT2D eigenvalue weighted by Gasteiger charge is -2.04. The molecular weight excluding hydrogens is 244 g/mol. The monoisotopic (exact) mass is 260 g/mol. The zero-order valence-corrected chi connectivity index (χ0v) is 10.5. The van der Waals surface area contributed by atoms with Gasteiger partial charge in [0, 0.05) is 13.0 Å². The molecule has 1 aromatic heterocycles. The Kier molecular flexibility index (Phi) is 4.60. The maximum Gasteiger partial charge on any atom is 0.303 e. The second kappa shape index (κ2) is 6.63. The van der Waals surface area contributed by atoms with Crippen molar-refractivity contribution in [2.24, 2.45) is 0 Å². The van der Waals surface area contributed by atoms with Crippen molar-refractivity contribution in [2.75, 3.05) is 11.9 Å². The molecule has 6 heteroatoms. The van der Waals surface area contributed by atoms with Crippen molar-refractivity contribution in [3.05, 3.63) is 24.3 Å². The summed E-state index contributed by atoms with van der Waals surface area (Å²) in [6, 6.07) is 7.56. The lowest BCUT2D eigenvalue weighted by Crippen LogP contribution is -2.06. The van der Waals surface area contributed by atoms with E-state index in [1.54, 1.807) is 0 Å². The fourth-order valence-corrected chi connectivity index (χ4v) is 1.73. The van der Waals surface area contributed by atoms with Crippen LogP contribution in [0.15, 0.2) is 24.3 Å². The van der Waals surface area contributed by atoms with E-state index in [2.05, 4.69) is 20.5 Å². The number of carbonyl (C=O) groups is 1. The fraction of sp³-hybridized carbons (Fsp3) is 0.385. The summed E-state index contributed by atoms with van der Waals surface area (Å²) in [5.74, 6) is -0.230. The van der Waals surface area contributed by atoms with Gasteiger partial charge < -0.3 is 10.4 Å². The summed E-state index contributed by atoms with van der Waals surface area (Å²) in [5, 5.41) is 19.7. The van der Waals surface area contributed by atoms with Gasteiger partial charge in [0.2, 0.25) is 5.95 Å². The summed E-state index contributed by atoms with van der Waals surface area (Å²) in [4.78, 5) is 14.7. The van der Waals surface area contributed by atoms with E-state index in [0.717, 1.165) is 30.4 Å². The lowest BCUT2D eigenvalue weighted by molar-refractivity contribution is -0.137. The molecule has 2 rings (SSSR count). The van der Waals surface area contributed by atoms with Crippen LogP contribution < -0.4 is 5.32 Å². The first kappa shape index (κ1) is 13.2. The molecule has 0 aliphatic carbocycles. The van der Waals surface area contributed by atoms with Gasteiger partial charge in [-0.15, -0.1) is 10.2 Å². The molecule has 0 aliphatic rings. The number of benzene rings is 1. The zero-order chi connectivity index (χ0) is 13.5. The van der Waals surface area contributed by atoms with Gasteiger partial charge in [0.15, 0.2) is 0 Å². The molecule has 0 unspecified atom stereocenters. The number of carboxylic acid groups (broad SMARTS) is 1. The number of para-hydroxylation sites is 1. The average molecular weight is 260 g/mol. The molecule has 0 saturated carbocycles. The summed E-state index contributed by atoms with van der Waals surface area (Å²) in [5.41, 5.74) is 1.58. The van der Waals surface area contributed by atoms with Gasteiger partial charge >= 0.3 is 5.97 Å². The third kappa shape index (κ3) is 4.17. The Bertz CT molecular complexity index is 559. The lowest BCUT2D eigenvalue weighted by atomic mass is 10.2. The number of hydrogen-bond donors (Lipinski definition) is 2. The number of carboxylic acids is 1. The van der Waals surface area contributed by atoms with Crippen LogP contribution in [0.5, 0.6) is 0 Å². The SMILES string of the molecule is O=C(O)CCCCCNc1nnc2ccccc2n1. The van der Waals surface area contributed by atoms with Crippen molar-refractivity contribution < 1.29 is 9.90 Å². The van der Waals surface area contributed by atoms with Gasteiger partial charge in [-0.2, -0.15) is 0 Å². The molecule has 2 N–H and O–H groups in total. The fourth-order valence-electron chi connectivity index (χ4n) is 1.73. The quantitative estimate of drug-likeness (QED) is 0.741. The largest absolute Gasteiger partial charge is 0.481 e. The second-order valence-electron chi connectivity index (χ2n) is 4.26. The van der Waals surface area contributed by atoms with Crippen LogP contribution in [0.25, 0.3) is 11.0 Å². The van der Waals surface area contributed by atoms with E-state index in [9.17, 15) is 4.79 Å². The number of aliphatic carboxylic acids is 1. The number of fused-ring (bicyclic) bond motifs is 1. The maximum atomic E-state index is 10.3. The molecule has 0 spiro atoms. The normalized spacial score (nSPS) is 10.5. The Morgan fingerprint density at radius 3 is 2.68 bits per heavy atom.